The number of benzene rings is 8. The Morgan fingerprint density at radius 1 is 0.492 bits per heavy atom. The van der Waals surface area contributed by atoms with E-state index >= 15 is 0 Å². The molecular formula is C55H39N3S. The van der Waals surface area contributed by atoms with Gasteiger partial charge in [-0.3, -0.25) is 4.90 Å². The summed E-state index contributed by atoms with van der Waals surface area (Å²) in [5.74, 6) is 0.947. The molecule has 59 heavy (non-hydrogen) atoms. The van der Waals surface area contributed by atoms with Crippen LogP contribution in [0.5, 0.6) is 0 Å². The zero-order chi connectivity index (χ0) is 39.1. The smallest absolute Gasteiger partial charge is 0.134 e. The lowest BCUT2D eigenvalue weighted by Crippen LogP contribution is -2.36. The van der Waals surface area contributed by atoms with E-state index in [0.717, 1.165) is 40.6 Å². The van der Waals surface area contributed by atoms with Gasteiger partial charge in [-0.05, 0) is 87.5 Å². The molecule has 3 aliphatic heterocycles. The fraction of sp³-hybridized carbons (Fsp3) is 0.0727. The summed E-state index contributed by atoms with van der Waals surface area (Å²) in [5.41, 5.74) is 16.4. The van der Waals surface area contributed by atoms with Gasteiger partial charge in [-0.1, -0.05) is 176 Å². The Kier molecular flexibility index (Phi) is 7.57. The highest BCUT2D eigenvalue weighted by Crippen LogP contribution is 2.67. The van der Waals surface area contributed by atoms with Gasteiger partial charge in [-0.2, -0.15) is 0 Å². The molecule has 0 bridgehead atoms. The highest BCUT2D eigenvalue weighted by molar-refractivity contribution is 8.00. The van der Waals surface area contributed by atoms with Crippen molar-refractivity contribution < 1.29 is 0 Å². The summed E-state index contributed by atoms with van der Waals surface area (Å²) in [7, 11) is 0. The molecule has 0 radical (unpaired) electrons. The summed E-state index contributed by atoms with van der Waals surface area (Å²) in [6.07, 6.45) is 3.22. The van der Waals surface area contributed by atoms with Gasteiger partial charge in [0, 0.05) is 32.9 Å². The summed E-state index contributed by atoms with van der Waals surface area (Å²) in [6, 6.07) is 73.4. The molecule has 0 N–H and O–H groups in total. The van der Waals surface area contributed by atoms with Crippen LogP contribution in [0.1, 0.15) is 46.7 Å². The molecule has 0 saturated carbocycles. The standard InChI is InChI=1S/C55H39N3S/c1-54(38-21-7-3-8-22-38)35-45(37-19-5-2-6-20-37)56-51(36-54)58-48-31-17-18-32-50(48)59-53-49(58)34-33-44-52(53)40-25-11-12-26-41(40)55(44)42-27-13-15-29-46(42)57(39-23-9-4-10-24-39)47-30-16-14-28-43(47)55/h2-34,36H,35H2,1H3. The Bertz CT molecular complexity index is 2980. The molecule has 1 atom stereocenters. The van der Waals surface area contributed by atoms with Crippen molar-refractivity contribution in [2.45, 2.75) is 34.0 Å². The van der Waals surface area contributed by atoms with Gasteiger partial charge in [0.25, 0.3) is 0 Å². The number of rotatable bonds is 4. The Labute approximate surface area is 349 Å². The summed E-state index contributed by atoms with van der Waals surface area (Å²) >= 11 is 1.89. The van der Waals surface area contributed by atoms with Crippen molar-refractivity contribution in [2.75, 3.05) is 9.80 Å². The Balaban J connectivity index is 1.13. The number of hydrogen-bond acceptors (Lipinski definition) is 4. The number of allylic oxidation sites excluding steroid dienone is 1. The van der Waals surface area contributed by atoms with Crippen molar-refractivity contribution in [3.05, 3.63) is 245 Å². The first-order valence-corrected chi connectivity index (χ1v) is 21.3. The normalized spacial score (nSPS) is 17.8. The van der Waals surface area contributed by atoms with Crippen LogP contribution >= 0.6 is 11.8 Å². The highest BCUT2D eigenvalue weighted by atomic mass is 32.2. The summed E-state index contributed by atoms with van der Waals surface area (Å²) in [4.78, 5) is 13.0. The first-order chi connectivity index (χ1) is 29.1. The van der Waals surface area contributed by atoms with Crippen LogP contribution in [0.4, 0.5) is 28.4 Å². The number of aliphatic imine (C=N–C) groups is 1. The molecule has 1 spiro atoms. The van der Waals surface area contributed by atoms with Gasteiger partial charge in [0.15, 0.2) is 0 Å². The lowest BCUT2D eigenvalue weighted by atomic mass is 9.64. The van der Waals surface area contributed by atoms with Gasteiger partial charge in [-0.15, -0.1) is 0 Å². The maximum Gasteiger partial charge on any atom is 0.134 e. The van der Waals surface area contributed by atoms with Gasteiger partial charge in [-0.25, -0.2) is 4.99 Å². The van der Waals surface area contributed by atoms with Crippen molar-refractivity contribution in [1.29, 1.82) is 0 Å². The van der Waals surface area contributed by atoms with E-state index < -0.39 is 5.41 Å². The quantitative estimate of drug-likeness (QED) is 0.177. The first kappa shape index (κ1) is 34.2. The molecule has 0 aromatic heterocycles. The number of anilines is 5. The molecule has 280 valence electrons. The first-order valence-electron chi connectivity index (χ1n) is 20.4. The van der Waals surface area contributed by atoms with E-state index in [1.807, 2.05) is 11.8 Å². The van der Waals surface area contributed by atoms with Crippen LogP contribution in [0.25, 0.3) is 11.1 Å². The van der Waals surface area contributed by atoms with Crippen LogP contribution in [-0.2, 0) is 10.8 Å². The van der Waals surface area contributed by atoms with E-state index in [2.05, 4.69) is 223 Å². The minimum absolute atomic E-state index is 0.281. The molecular weight excluding hydrogens is 735 g/mol. The highest BCUT2D eigenvalue weighted by Gasteiger charge is 2.53. The van der Waals surface area contributed by atoms with Gasteiger partial charge < -0.3 is 4.90 Å². The Morgan fingerprint density at radius 3 is 1.78 bits per heavy atom. The molecule has 8 aromatic rings. The van der Waals surface area contributed by atoms with Crippen molar-refractivity contribution >= 4 is 45.9 Å². The predicted octanol–water partition coefficient (Wildman–Crippen LogP) is 14.1. The SMILES string of the molecule is CC1(c2ccccc2)C=C(N2c3ccccc3Sc3c2ccc2c3-c3ccccc3C23c2ccccc2N(c2ccccc2)c2ccccc23)N=C(c2ccccc2)C1. The zero-order valence-corrected chi connectivity index (χ0v) is 33.4. The molecule has 8 aromatic carbocycles. The molecule has 4 heteroatoms. The molecule has 1 aliphatic carbocycles. The van der Waals surface area contributed by atoms with E-state index in [0.29, 0.717) is 0 Å². The van der Waals surface area contributed by atoms with Gasteiger partial charge >= 0.3 is 0 Å². The molecule has 0 saturated heterocycles. The van der Waals surface area contributed by atoms with E-state index in [4.69, 9.17) is 4.99 Å². The van der Waals surface area contributed by atoms with E-state index in [-0.39, 0.29) is 5.41 Å². The van der Waals surface area contributed by atoms with Crippen molar-refractivity contribution in [1.82, 2.24) is 0 Å². The van der Waals surface area contributed by atoms with E-state index in [1.165, 1.54) is 60.1 Å². The predicted molar refractivity (Wildman–Crippen MR) is 244 cm³/mol. The third kappa shape index (κ3) is 4.93. The van der Waals surface area contributed by atoms with Gasteiger partial charge in [0.1, 0.15) is 5.82 Å². The second kappa shape index (κ2) is 13.1. The van der Waals surface area contributed by atoms with Crippen LogP contribution in [0.2, 0.25) is 0 Å². The van der Waals surface area contributed by atoms with Crippen molar-refractivity contribution in [3.8, 4) is 11.1 Å². The van der Waals surface area contributed by atoms with Gasteiger partial charge in [0.05, 0.1) is 33.9 Å². The van der Waals surface area contributed by atoms with E-state index in [1.54, 1.807) is 0 Å². The lowest BCUT2D eigenvalue weighted by Gasteiger charge is -2.45. The number of para-hydroxylation sites is 4. The third-order valence-corrected chi connectivity index (χ3v) is 14.0. The largest absolute Gasteiger partial charge is 0.310 e. The molecule has 3 nitrogen and oxygen atoms in total. The summed E-state index contributed by atoms with van der Waals surface area (Å²) < 4.78 is 0. The van der Waals surface area contributed by atoms with Crippen LogP contribution < -0.4 is 9.80 Å². The maximum atomic E-state index is 5.60. The van der Waals surface area contributed by atoms with Crippen LogP contribution in [0.15, 0.2) is 227 Å². The van der Waals surface area contributed by atoms with Crippen LogP contribution in [0.3, 0.4) is 0 Å². The maximum absolute atomic E-state index is 5.60. The molecule has 3 heterocycles. The Morgan fingerprint density at radius 2 is 1.07 bits per heavy atom. The number of hydrogen-bond donors (Lipinski definition) is 0. The number of nitrogens with zero attached hydrogens (tertiary/aromatic N) is 3. The molecule has 0 fully saturated rings. The van der Waals surface area contributed by atoms with E-state index in [9.17, 15) is 0 Å². The van der Waals surface area contributed by atoms with Gasteiger partial charge in [0.2, 0.25) is 0 Å². The minimum atomic E-state index is -0.531. The topological polar surface area (TPSA) is 18.8 Å². The summed E-state index contributed by atoms with van der Waals surface area (Å²) in [6.45, 7) is 2.37. The fourth-order valence-corrected chi connectivity index (χ4v) is 11.5. The zero-order valence-electron chi connectivity index (χ0n) is 32.6. The molecule has 0 amide bonds. The molecule has 4 aliphatic rings. The van der Waals surface area contributed by atoms with Crippen molar-refractivity contribution in [2.24, 2.45) is 4.99 Å². The Hall–Kier alpha value is -6.88. The fourth-order valence-electron chi connectivity index (χ4n) is 10.3. The molecule has 1 unspecified atom stereocenters. The third-order valence-electron chi connectivity index (χ3n) is 12.8. The van der Waals surface area contributed by atoms with Crippen molar-refractivity contribution in [3.63, 3.8) is 0 Å². The number of fused-ring (bicyclic) bond motifs is 12. The minimum Gasteiger partial charge on any atom is -0.310 e. The van der Waals surface area contributed by atoms with Crippen LogP contribution in [0, 0.1) is 0 Å². The second-order valence-electron chi connectivity index (χ2n) is 16.1. The second-order valence-corrected chi connectivity index (χ2v) is 17.2. The lowest BCUT2D eigenvalue weighted by molar-refractivity contribution is 0.605. The van der Waals surface area contributed by atoms with Crippen LogP contribution in [-0.4, -0.2) is 5.71 Å². The average Bonchev–Trinajstić information content (AvgIpc) is 3.60. The monoisotopic (exact) mass is 773 g/mol. The molecule has 12 rings (SSSR count). The summed E-state index contributed by atoms with van der Waals surface area (Å²) in [5, 5.41) is 0. The average molecular weight is 774 g/mol.